The number of nitrogens with one attached hydrogen (secondary N) is 2. The van der Waals surface area contributed by atoms with Crippen LogP contribution in [-0.4, -0.2) is 25.0 Å². The van der Waals surface area contributed by atoms with E-state index in [1.807, 2.05) is 30.3 Å². The summed E-state index contributed by atoms with van der Waals surface area (Å²) < 4.78 is 5.75. The van der Waals surface area contributed by atoms with E-state index in [2.05, 4.69) is 41.6 Å². The Morgan fingerprint density at radius 2 is 2.07 bits per heavy atom. The van der Waals surface area contributed by atoms with Crippen molar-refractivity contribution in [2.24, 2.45) is 10.7 Å². The Kier molecular flexibility index (Phi) is 8.10. The Labute approximate surface area is 183 Å². The molecule has 6 nitrogen and oxygen atoms in total. The van der Waals surface area contributed by atoms with Crippen LogP contribution in [0.25, 0.3) is 0 Å². The smallest absolute Gasteiger partial charge is 0.224 e. The van der Waals surface area contributed by atoms with E-state index < -0.39 is 0 Å². The maximum atomic E-state index is 11.4. The first-order valence-corrected chi connectivity index (χ1v) is 9.24. The van der Waals surface area contributed by atoms with Crippen molar-refractivity contribution >= 4 is 47.2 Å². The number of hydrogen-bond acceptors (Lipinski definition) is 3. The second-order valence-corrected chi connectivity index (χ2v) is 6.89. The van der Waals surface area contributed by atoms with Crippen LogP contribution < -0.4 is 21.1 Å². The first-order valence-electron chi connectivity index (χ1n) is 9.24. The quantitative estimate of drug-likeness (QED) is 0.244. The van der Waals surface area contributed by atoms with E-state index >= 15 is 0 Å². The molecular weight excluding hydrogens is 467 g/mol. The van der Waals surface area contributed by atoms with Crippen LogP contribution in [0, 0.1) is 0 Å². The Hall–Kier alpha value is -2.29. The summed E-state index contributed by atoms with van der Waals surface area (Å²) in [6.45, 7) is 5.20. The topological polar surface area (TPSA) is 88.7 Å². The van der Waals surface area contributed by atoms with Crippen LogP contribution in [0.5, 0.6) is 5.75 Å². The minimum absolute atomic E-state index is 0. The van der Waals surface area contributed by atoms with Crippen LogP contribution in [0.4, 0.5) is 11.4 Å². The normalized spacial score (nSPS) is 13.4. The second kappa shape index (κ2) is 10.3. The van der Waals surface area contributed by atoms with Crippen molar-refractivity contribution in [3.05, 3.63) is 53.6 Å². The van der Waals surface area contributed by atoms with Gasteiger partial charge < -0.3 is 21.1 Å². The van der Waals surface area contributed by atoms with E-state index in [1.54, 1.807) is 0 Å². The number of aliphatic imine (C=N–C) groups is 1. The monoisotopic (exact) mass is 494 g/mol. The molecule has 7 heteroatoms. The molecule has 1 amide bonds. The van der Waals surface area contributed by atoms with E-state index in [0.29, 0.717) is 31.4 Å². The average Bonchev–Trinajstić information content (AvgIpc) is 2.65. The standard InChI is InChI=1S/C21H26N4O2.HI/c1-14(2)15-4-3-5-17(12-15)24-21(22)23-10-11-27-18-7-8-19-16(13-18)6-9-20(26)25-19;/h3-5,7-8,12-14H,6,9-11H2,1-2H3,(H,25,26)(H3,22,23,24);1H. The number of carbonyl (C=O) groups is 1. The van der Waals surface area contributed by atoms with Crippen molar-refractivity contribution in [3.8, 4) is 5.75 Å². The van der Waals surface area contributed by atoms with Gasteiger partial charge in [-0.3, -0.25) is 4.79 Å². The number of carbonyl (C=O) groups excluding carboxylic acids is 1. The van der Waals surface area contributed by atoms with Gasteiger partial charge >= 0.3 is 0 Å². The Balaban J connectivity index is 0.00000280. The molecule has 3 rings (SSSR count). The Morgan fingerprint density at radius 3 is 2.86 bits per heavy atom. The molecule has 0 bridgehead atoms. The summed E-state index contributed by atoms with van der Waals surface area (Å²) in [4.78, 5) is 15.7. The van der Waals surface area contributed by atoms with Gasteiger partial charge in [-0.1, -0.05) is 26.0 Å². The van der Waals surface area contributed by atoms with Gasteiger partial charge in [-0.05, 0) is 53.8 Å². The highest BCUT2D eigenvalue weighted by Gasteiger charge is 2.14. The molecule has 0 spiro atoms. The van der Waals surface area contributed by atoms with Gasteiger partial charge in [-0.2, -0.15) is 0 Å². The van der Waals surface area contributed by atoms with Gasteiger partial charge in [0.15, 0.2) is 5.96 Å². The van der Waals surface area contributed by atoms with Crippen molar-refractivity contribution in [2.75, 3.05) is 23.8 Å². The summed E-state index contributed by atoms with van der Waals surface area (Å²) in [6.07, 6.45) is 1.25. The van der Waals surface area contributed by atoms with Crippen LogP contribution in [0.15, 0.2) is 47.5 Å². The number of nitrogens with two attached hydrogens (primary N) is 1. The Bertz CT molecular complexity index is 852. The van der Waals surface area contributed by atoms with Crippen molar-refractivity contribution in [3.63, 3.8) is 0 Å². The summed E-state index contributed by atoms with van der Waals surface area (Å²) in [5.74, 6) is 1.67. The van der Waals surface area contributed by atoms with Gasteiger partial charge in [-0.15, -0.1) is 24.0 Å². The van der Waals surface area contributed by atoms with E-state index in [0.717, 1.165) is 29.1 Å². The fraction of sp³-hybridized carbons (Fsp3) is 0.333. The molecule has 1 aliphatic heterocycles. The number of aryl methyl sites for hydroxylation is 1. The number of ether oxygens (including phenoxy) is 1. The van der Waals surface area contributed by atoms with Crippen molar-refractivity contribution in [1.29, 1.82) is 0 Å². The maximum Gasteiger partial charge on any atom is 0.224 e. The average molecular weight is 494 g/mol. The summed E-state index contributed by atoms with van der Waals surface area (Å²) in [6, 6.07) is 13.9. The van der Waals surface area contributed by atoms with E-state index in [4.69, 9.17) is 10.5 Å². The lowest BCUT2D eigenvalue weighted by atomic mass is 10.0. The lowest BCUT2D eigenvalue weighted by molar-refractivity contribution is -0.116. The number of rotatable bonds is 6. The predicted octanol–water partition coefficient (Wildman–Crippen LogP) is 4.12. The SMILES string of the molecule is CC(C)c1cccc(NC(N)=NCCOc2ccc3c(c2)CCC(=O)N3)c1.I. The molecule has 0 atom stereocenters. The Morgan fingerprint density at radius 1 is 1.25 bits per heavy atom. The first-order chi connectivity index (χ1) is 13.0. The number of nitrogens with zero attached hydrogens (tertiary/aromatic N) is 1. The molecule has 0 saturated heterocycles. The lowest BCUT2D eigenvalue weighted by Gasteiger charge is -2.17. The van der Waals surface area contributed by atoms with Crippen LogP contribution in [0.1, 0.15) is 37.3 Å². The van der Waals surface area contributed by atoms with Crippen LogP contribution in [0.3, 0.4) is 0 Å². The number of fused-ring (bicyclic) bond motifs is 1. The highest BCUT2D eigenvalue weighted by Crippen LogP contribution is 2.26. The number of hydrogen-bond donors (Lipinski definition) is 3. The number of guanidine groups is 1. The summed E-state index contributed by atoms with van der Waals surface area (Å²) in [5, 5.41) is 5.98. The molecule has 0 saturated carbocycles. The molecular formula is C21H27IN4O2. The summed E-state index contributed by atoms with van der Waals surface area (Å²) >= 11 is 0. The second-order valence-electron chi connectivity index (χ2n) is 6.89. The fourth-order valence-electron chi connectivity index (χ4n) is 2.94. The van der Waals surface area contributed by atoms with Gasteiger partial charge in [0.05, 0.1) is 6.54 Å². The fourth-order valence-corrected chi connectivity index (χ4v) is 2.94. The highest BCUT2D eigenvalue weighted by molar-refractivity contribution is 14.0. The molecule has 28 heavy (non-hydrogen) atoms. The molecule has 2 aromatic rings. The summed E-state index contributed by atoms with van der Waals surface area (Å²) in [5.41, 5.74) is 10.1. The lowest BCUT2D eigenvalue weighted by Crippen LogP contribution is -2.23. The molecule has 0 unspecified atom stereocenters. The molecule has 1 aliphatic rings. The van der Waals surface area contributed by atoms with Crippen molar-refractivity contribution in [1.82, 2.24) is 0 Å². The van der Waals surface area contributed by atoms with Gasteiger partial charge in [0.25, 0.3) is 0 Å². The minimum Gasteiger partial charge on any atom is -0.492 e. The van der Waals surface area contributed by atoms with Gasteiger partial charge in [0.1, 0.15) is 12.4 Å². The molecule has 1 heterocycles. The van der Waals surface area contributed by atoms with E-state index in [9.17, 15) is 4.79 Å². The maximum absolute atomic E-state index is 11.4. The zero-order chi connectivity index (χ0) is 19.2. The van der Waals surface area contributed by atoms with Gasteiger partial charge in [0.2, 0.25) is 5.91 Å². The van der Waals surface area contributed by atoms with Crippen molar-refractivity contribution < 1.29 is 9.53 Å². The molecule has 2 aromatic carbocycles. The van der Waals surface area contributed by atoms with Crippen molar-refractivity contribution in [2.45, 2.75) is 32.6 Å². The number of halogens is 1. The van der Waals surface area contributed by atoms with Gasteiger partial charge in [0, 0.05) is 17.8 Å². The zero-order valence-corrected chi connectivity index (χ0v) is 18.5. The first kappa shape index (κ1) is 22.0. The van der Waals surface area contributed by atoms with Crippen LogP contribution in [0.2, 0.25) is 0 Å². The molecule has 0 fully saturated rings. The third-order valence-electron chi connectivity index (χ3n) is 4.44. The summed E-state index contributed by atoms with van der Waals surface area (Å²) in [7, 11) is 0. The molecule has 0 aromatic heterocycles. The molecule has 0 radical (unpaired) electrons. The minimum atomic E-state index is 0. The van der Waals surface area contributed by atoms with E-state index in [-0.39, 0.29) is 29.9 Å². The number of anilines is 2. The van der Waals surface area contributed by atoms with Crippen LogP contribution in [-0.2, 0) is 11.2 Å². The third-order valence-corrected chi connectivity index (χ3v) is 4.44. The van der Waals surface area contributed by atoms with Crippen LogP contribution >= 0.6 is 24.0 Å². The van der Waals surface area contributed by atoms with Gasteiger partial charge in [-0.25, -0.2) is 4.99 Å². The molecule has 150 valence electrons. The number of amides is 1. The number of benzene rings is 2. The third kappa shape index (κ3) is 6.12. The largest absolute Gasteiger partial charge is 0.492 e. The predicted molar refractivity (Wildman–Crippen MR) is 125 cm³/mol. The highest BCUT2D eigenvalue weighted by atomic mass is 127. The zero-order valence-electron chi connectivity index (χ0n) is 16.2. The molecule has 4 N–H and O–H groups in total. The van der Waals surface area contributed by atoms with E-state index in [1.165, 1.54) is 5.56 Å². The molecule has 0 aliphatic carbocycles.